The van der Waals surface area contributed by atoms with Crippen molar-refractivity contribution < 1.29 is 23.6 Å². The lowest BCUT2D eigenvalue weighted by molar-refractivity contribution is -0.131. The summed E-state index contributed by atoms with van der Waals surface area (Å²) in [6.07, 6.45) is 1.42. The third kappa shape index (κ3) is 2.15. The summed E-state index contributed by atoms with van der Waals surface area (Å²) in [7, 11) is 0. The van der Waals surface area contributed by atoms with Gasteiger partial charge in [-0.3, -0.25) is 24.2 Å². The first-order valence-corrected chi connectivity index (χ1v) is 8.07. The van der Waals surface area contributed by atoms with E-state index in [0.717, 1.165) is 9.80 Å². The van der Waals surface area contributed by atoms with Crippen molar-refractivity contribution in [1.82, 2.24) is 15.1 Å². The lowest BCUT2D eigenvalue weighted by Gasteiger charge is -2.20. The molecule has 132 valence electrons. The molecule has 1 fully saturated rings. The van der Waals surface area contributed by atoms with Gasteiger partial charge in [0.15, 0.2) is 5.54 Å². The molecule has 1 aromatic heterocycles. The fourth-order valence-electron chi connectivity index (χ4n) is 3.27. The number of hydrogen-bond acceptors (Lipinski definition) is 5. The molecule has 1 N–H and O–H groups in total. The molecule has 0 bridgehead atoms. The topological polar surface area (TPSA) is 99.9 Å². The van der Waals surface area contributed by atoms with Gasteiger partial charge in [0.25, 0.3) is 17.7 Å². The van der Waals surface area contributed by atoms with Crippen molar-refractivity contribution >= 4 is 23.8 Å². The zero-order valence-corrected chi connectivity index (χ0v) is 13.9. The summed E-state index contributed by atoms with van der Waals surface area (Å²) in [6.45, 7) is 1.39. The minimum atomic E-state index is -1.30. The van der Waals surface area contributed by atoms with Crippen LogP contribution in [-0.4, -0.2) is 46.6 Å². The van der Waals surface area contributed by atoms with Crippen molar-refractivity contribution in [3.8, 4) is 0 Å². The Labute approximate surface area is 148 Å². The molecule has 0 unspecified atom stereocenters. The number of urea groups is 1. The molecule has 0 radical (unpaired) electrons. The van der Waals surface area contributed by atoms with Gasteiger partial charge in [-0.2, -0.15) is 0 Å². The molecule has 2 aliphatic heterocycles. The van der Waals surface area contributed by atoms with E-state index in [1.807, 2.05) is 0 Å². The number of nitrogens with one attached hydrogen (secondary N) is 1. The predicted molar refractivity (Wildman–Crippen MR) is 88.1 cm³/mol. The Bertz CT molecular complexity index is 901. The maximum atomic E-state index is 12.7. The molecule has 2 aliphatic rings. The molecule has 8 nitrogen and oxygen atoms in total. The number of furan rings is 1. The summed E-state index contributed by atoms with van der Waals surface area (Å²) in [5.41, 5.74) is -0.645. The summed E-state index contributed by atoms with van der Waals surface area (Å²) in [4.78, 5) is 51.8. The highest BCUT2D eigenvalue weighted by Gasteiger charge is 2.51. The molecule has 1 aromatic carbocycles. The Morgan fingerprint density at radius 3 is 2.12 bits per heavy atom. The second-order valence-electron chi connectivity index (χ2n) is 6.30. The quantitative estimate of drug-likeness (QED) is 0.660. The van der Waals surface area contributed by atoms with E-state index in [-0.39, 0.29) is 13.1 Å². The molecule has 26 heavy (non-hydrogen) atoms. The molecule has 4 rings (SSSR count). The number of rotatable bonds is 4. The lowest BCUT2D eigenvalue weighted by Crippen LogP contribution is -2.43. The number of hydrogen-bond donors (Lipinski definition) is 1. The van der Waals surface area contributed by atoms with Crippen LogP contribution in [0.5, 0.6) is 0 Å². The normalized spacial score (nSPS) is 22.2. The molecule has 2 aromatic rings. The van der Waals surface area contributed by atoms with Gasteiger partial charge in [-0.1, -0.05) is 12.1 Å². The molecule has 0 spiro atoms. The molecule has 1 atom stereocenters. The molecule has 5 amide bonds. The number of nitrogens with zero attached hydrogens (tertiary/aromatic N) is 2. The standard InChI is InChI=1S/C18H15N3O5/c1-18(13-7-4-10-26-13)16(24)21(17(25)19-18)9-8-20-14(22)11-5-2-3-6-12(11)15(20)23/h2-7,10H,8-9H2,1H3,(H,19,25)/t18-/m1/s1. The third-order valence-electron chi connectivity index (χ3n) is 4.71. The van der Waals surface area contributed by atoms with Crippen LogP contribution in [0.25, 0.3) is 0 Å². The van der Waals surface area contributed by atoms with Gasteiger partial charge >= 0.3 is 6.03 Å². The average Bonchev–Trinajstić information content (AvgIpc) is 3.30. The number of benzene rings is 1. The zero-order valence-electron chi connectivity index (χ0n) is 13.9. The second-order valence-corrected chi connectivity index (χ2v) is 6.30. The van der Waals surface area contributed by atoms with Crippen LogP contribution in [0.4, 0.5) is 4.79 Å². The largest absolute Gasteiger partial charge is 0.466 e. The maximum absolute atomic E-state index is 12.7. The Morgan fingerprint density at radius 2 is 1.54 bits per heavy atom. The summed E-state index contributed by atoms with van der Waals surface area (Å²) < 4.78 is 5.26. The smallest absolute Gasteiger partial charge is 0.325 e. The van der Waals surface area contributed by atoms with Crippen molar-refractivity contribution in [2.24, 2.45) is 0 Å². The van der Waals surface area contributed by atoms with Gasteiger partial charge in [-0.15, -0.1) is 0 Å². The van der Waals surface area contributed by atoms with Crippen LogP contribution in [0.1, 0.15) is 33.4 Å². The Kier molecular flexibility index (Phi) is 3.43. The molecule has 1 saturated heterocycles. The van der Waals surface area contributed by atoms with Crippen molar-refractivity contribution in [1.29, 1.82) is 0 Å². The molecule has 0 saturated carbocycles. The lowest BCUT2D eigenvalue weighted by atomic mass is 9.99. The van der Waals surface area contributed by atoms with E-state index in [1.54, 1.807) is 43.3 Å². The van der Waals surface area contributed by atoms with Crippen LogP contribution in [-0.2, 0) is 10.3 Å². The van der Waals surface area contributed by atoms with E-state index < -0.39 is 29.3 Å². The Hall–Kier alpha value is -3.42. The van der Waals surface area contributed by atoms with E-state index in [0.29, 0.717) is 16.9 Å². The van der Waals surface area contributed by atoms with Crippen LogP contribution in [0.15, 0.2) is 47.1 Å². The maximum Gasteiger partial charge on any atom is 0.325 e. The number of amides is 5. The van der Waals surface area contributed by atoms with Crippen molar-refractivity contribution in [3.05, 3.63) is 59.5 Å². The van der Waals surface area contributed by atoms with E-state index in [2.05, 4.69) is 5.32 Å². The Morgan fingerprint density at radius 1 is 0.923 bits per heavy atom. The Balaban J connectivity index is 1.51. The van der Waals surface area contributed by atoms with E-state index in [9.17, 15) is 19.2 Å². The van der Waals surface area contributed by atoms with Crippen LogP contribution in [0, 0.1) is 0 Å². The second kappa shape index (κ2) is 5.55. The molecule has 3 heterocycles. The number of carbonyl (C=O) groups excluding carboxylic acids is 4. The number of imide groups is 2. The predicted octanol–water partition coefficient (Wildman–Crippen LogP) is 1.34. The SMILES string of the molecule is C[C@]1(c2ccco2)NC(=O)N(CCN2C(=O)c3ccccc3C2=O)C1=O. The van der Waals surface area contributed by atoms with Crippen LogP contribution in [0.2, 0.25) is 0 Å². The van der Waals surface area contributed by atoms with Crippen molar-refractivity contribution in [2.75, 3.05) is 13.1 Å². The first-order valence-electron chi connectivity index (χ1n) is 8.07. The number of fused-ring (bicyclic) bond motifs is 1. The minimum Gasteiger partial charge on any atom is -0.466 e. The summed E-state index contributed by atoms with van der Waals surface area (Å²) >= 11 is 0. The minimum absolute atomic E-state index is 0.0697. The molecular weight excluding hydrogens is 338 g/mol. The van der Waals surface area contributed by atoms with E-state index in [4.69, 9.17) is 4.42 Å². The van der Waals surface area contributed by atoms with Crippen LogP contribution >= 0.6 is 0 Å². The fourth-order valence-corrected chi connectivity index (χ4v) is 3.27. The monoisotopic (exact) mass is 353 g/mol. The van der Waals surface area contributed by atoms with Gasteiger partial charge in [0.05, 0.1) is 17.4 Å². The van der Waals surface area contributed by atoms with Gasteiger partial charge in [-0.25, -0.2) is 4.79 Å². The molecule has 0 aliphatic carbocycles. The van der Waals surface area contributed by atoms with Crippen molar-refractivity contribution in [2.45, 2.75) is 12.5 Å². The fraction of sp³-hybridized carbons (Fsp3) is 0.222. The number of carbonyl (C=O) groups is 4. The van der Waals surface area contributed by atoms with E-state index >= 15 is 0 Å². The van der Waals surface area contributed by atoms with Gasteiger partial charge in [0.2, 0.25) is 0 Å². The van der Waals surface area contributed by atoms with Crippen LogP contribution < -0.4 is 5.32 Å². The van der Waals surface area contributed by atoms with Crippen LogP contribution in [0.3, 0.4) is 0 Å². The first-order chi connectivity index (χ1) is 12.4. The van der Waals surface area contributed by atoms with Gasteiger partial charge in [-0.05, 0) is 31.2 Å². The molecule has 8 heteroatoms. The summed E-state index contributed by atoms with van der Waals surface area (Å²) in [5.74, 6) is -1.02. The van der Waals surface area contributed by atoms with E-state index in [1.165, 1.54) is 6.26 Å². The highest BCUT2D eigenvalue weighted by molar-refractivity contribution is 6.21. The summed E-state index contributed by atoms with van der Waals surface area (Å²) in [6, 6.07) is 9.16. The highest BCUT2D eigenvalue weighted by Crippen LogP contribution is 2.29. The highest BCUT2D eigenvalue weighted by atomic mass is 16.3. The third-order valence-corrected chi connectivity index (χ3v) is 4.71. The summed E-state index contributed by atoms with van der Waals surface area (Å²) in [5, 5.41) is 2.60. The average molecular weight is 353 g/mol. The van der Waals surface area contributed by atoms with Gasteiger partial charge < -0.3 is 9.73 Å². The molecular formula is C18H15N3O5. The van der Waals surface area contributed by atoms with Crippen molar-refractivity contribution in [3.63, 3.8) is 0 Å². The van der Waals surface area contributed by atoms with Gasteiger partial charge in [0.1, 0.15) is 5.76 Å². The first kappa shape index (κ1) is 16.1. The van der Waals surface area contributed by atoms with Gasteiger partial charge in [0, 0.05) is 13.1 Å². The zero-order chi connectivity index (χ0) is 18.5.